The first-order valence-electron chi connectivity index (χ1n) is 10.4. The molecule has 8 nitrogen and oxygen atoms in total. The lowest BCUT2D eigenvalue weighted by Crippen LogP contribution is -2.47. The summed E-state index contributed by atoms with van der Waals surface area (Å²) < 4.78 is 7.13. The lowest BCUT2D eigenvalue weighted by Gasteiger charge is -2.25. The highest BCUT2D eigenvalue weighted by molar-refractivity contribution is 14.0. The van der Waals surface area contributed by atoms with E-state index in [4.69, 9.17) is 21.3 Å². The molecule has 0 bridgehead atoms. The number of guanidine groups is 1. The van der Waals surface area contributed by atoms with Crippen LogP contribution < -0.4 is 10.6 Å². The number of nitrogens with zero attached hydrogens (tertiary/aromatic N) is 4. The van der Waals surface area contributed by atoms with E-state index in [0.29, 0.717) is 13.2 Å². The van der Waals surface area contributed by atoms with Gasteiger partial charge in [0.15, 0.2) is 11.8 Å². The fraction of sp³-hybridized carbons (Fsp3) is 0.476. The fourth-order valence-corrected chi connectivity index (χ4v) is 4.00. The zero-order chi connectivity index (χ0) is 20.9. The van der Waals surface area contributed by atoms with Crippen LogP contribution >= 0.6 is 35.6 Å². The van der Waals surface area contributed by atoms with Crippen LogP contribution in [0.25, 0.3) is 10.9 Å². The van der Waals surface area contributed by atoms with Gasteiger partial charge in [0.25, 0.3) is 0 Å². The molecule has 0 amide bonds. The minimum Gasteiger partial charge on any atom is -0.377 e. The molecule has 0 saturated carbocycles. The van der Waals surface area contributed by atoms with Crippen LogP contribution in [0.2, 0.25) is 5.02 Å². The van der Waals surface area contributed by atoms with Crippen molar-refractivity contribution in [2.24, 2.45) is 4.99 Å². The van der Waals surface area contributed by atoms with E-state index in [1.165, 1.54) is 5.56 Å². The Balaban J connectivity index is 0.00000272. The monoisotopic (exact) mass is 557 g/mol. The van der Waals surface area contributed by atoms with Crippen LogP contribution in [0.5, 0.6) is 0 Å². The Morgan fingerprint density at radius 1 is 1.42 bits per heavy atom. The average Bonchev–Trinajstić information content (AvgIpc) is 3.31. The minimum absolute atomic E-state index is 0. The van der Waals surface area contributed by atoms with E-state index in [-0.39, 0.29) is 30.0 Å². The Labute approximate surface area is 204 Å². The molecular weight excluding hydrogens is 529 g/mol. The van der Waals surface area contributed by atoms with Crippen LogP contribution in [0.4, 0.5) is 0 Å². The standard InChI is InChI=1S/C21H28ClN7O.HI/c1-3-23-21(24-9-8-14-11-25-18-6-4-15(22)10-17(14)18)26-16-5-7-20-27-19(13-30-2)28-29(20)12-16;/h4,6,10-11,16,25H,3,5,7-9,12-13H2,1-2H3,(H2,23,24,26);1H. The number of aliphatic imine (C=N–C) groups is 1. The Hall–Kier alpha value is -1.85. The lowest BCUT2D eigenvalue weighted by molar-refractivity contribution is 0.177. The molecule has 3 heterocycles. The summed E-state index contributed by atoms with van der Waals surface area (Å²) in [5.74, 6) is 2.61. The summed E-state index contributed by atoms with van der Waals surface area (Å²) in [6, 6.07) is 6.18. The molecule has 10 heteroatoms. The Bertz CT molecular complexity index is 1030. The number of hydrogen-bond donors (Lipinski definition) is 3. The molecule has 4 rings (SSSR count). The highest BCUT2D eigenvalue weighted by atomic mass is 127. The fourth-order valence-electron chi connectivity index (χ4n) is 3.83. The van der Waals surface area contributed by atoms with Crippen molar-refractivity contribution < 1.29 is 4.74 Å². The maximum atomic E-state index is 6.16. The summed E-state index contributed by atoms with van der Waals surface area (Å²) in [4.78, 5) is 12.6. The highest BCUT2D eigenvalue weighted by Crippen LogP contribution is 2.22. The van der Waals surface area contributed by atoms with Crippen LogP contribution in [0.1, 0.15) is 30.6 Å². The summed E-state index contributed by atoms with van der Waals surface area (Å²) in [7, 11) is 1.66. The normalized spacial score (nSPS) is 16.1. The minimum atomic E-state index is 0. The first-order valence-corrected chi connectivity index (χ1v) is 10.8. The molecule has 3 N–H and O–H groups in total. The van der Waals surface area contributed by atoms with E-state index in [2.05, 4.69) is 32.6 Å². The lowest BCUT2D eigenvalue weighted by atomic mass is 10.1. The van der Waals surface area contributed by atoms with Gasteiger partial charge in [0.2, 0.25) is 0 Å². The van der Waals surface area contributed by atoms with Crippen LogP contribution in [-0.4, -0.2) is 51.9 Å². The summed E-state index contributed by atoms with van der Waals surface area (Å²) in [6.45, 7) is 4.80. The van der Waals surface area contributed by atoms with Gasteiger partial charge >= 0.3 is 0 Å². The van der Waals surface area contributed by atoms with E-state index >= 15 is 0 Å². The first kappa shape index (κ1) is 23.8. The van der Waals surface area contributed by atoms with Crippen LogP contribution in [0, 0.1) is 0 Å². The van der Waals surface area contributed by atoms with Crippen molar-refractivity contribution in [3.05, 3.63) is 46.6 Å². The number of halogens is 2. The van der Waals surface area contributed by atoms with E-state index in [9.17, 15) is 0 Å². The number of H-pyrrole nitrogens is 1. The largest absolute Gasteiger partial charge is 0.377 e. The number of rotatable bonds is 7. The number of fused-ring (bicyclic) bond motifs is 2. The molecule has 1 aliphatic heterocycles. The second-order valence-corrected chi connectivity index (χ2v) is 7.89. The molecule has 1 aliphatic rings. The summed E-state index contributed by atoms with van der Waals surface area (Å²) in [5.41, 5.74) is 2.32. The molecule has 1 aromatic carbocycles. The summed E-state index contributed by atoms with van der Waals surface area (Å²) in [5, 5.41) is 13.4. The molecule has 0 saturated heterocycles. The van der Waals surface area contributed by atoms with Crippen molar-refractivity contribution >= 4 is 52.4 Å². The Kier molecular flexibility index (Phi) is 8.56. The van der Waals surface area contributed by atoms with E-state index < -0.39 is 0 Å². The number of nitrogens with one attached hydrogen (secondary N) is 3. The van der Waals surface area contributed by atoms with E-state index in [0.717, 1.165) is 65.9 Å². The molecule has 0 aliphatic carbocycles. The molecule has 3 aromatic rings. The van der Waals surface area contributed by atoms with Gasteiger partial charge in [-0.25, -0.2) is 9.67 Å². The Morgan fingerprint density at radius 3 is 3.10 bits per heavy atom. The quantitative estimate of drug-likeness (QED) is 0.236. The van der Waals surface area contributed by atoms with Gasteiger partial charge in [-0.1, -0.05) is 11.6 Å². The number of benzene rings is 1. The number of hydrogen-bond acceptors (Lipinski definition) is 4. The van der Waals surface area contributed by atoms with Crippen molar-refractivity contribution in [1.29, 1.82) is 0 Å². The van der Waals surface area contributed by atoms with Crippen molar-refractivity contribution in [1.82, 2.24) is 30.4 Å². The SMILES string of the molecule is CCNC(=NCCc1c[nH]c2ccc(Cl)cc12)NC1CCc2nc(COC)nn2C1.I. The summed E-state index contributed by atoms with van der Waals surface area (Å²) in [6.07, 6.45) is 4.78. The number of aromatic nitrogens is 4. The zero-order valence-corrected chi connectivity index (χ0v) is 20.9. The molecule has 0 spiro atoms. The van der Waals surface area contributed by atoms with Crippen molar-refractivity contribution in [2.75, 3.05) is 20.2 Å². The predicted octanol–water partition coefficient (Wildman–Crippen LogP) is 3.29. The zero-order valence-electron chi connectivity index (χ0n) is 17.8. The number of ether oxygens (including phenoxy) is 1. The molecule has 31 heavy (non-hydrogen) atoms. The van der Waals surface area contributed by atoms with Gasteiger partial charge in [0, 0.05) is 54.8 Å². The molecule has 0 fully saturated rings. The second kappa shape index (κ2) is 11.1. The van der Waals surface area contributed by atoms with Gasteiger partial charge in [0.05, 0.1) is 6.54 Å². The van der Waals surface area contributed by atoms with Crippen LogP contribution in [0.15, 0.2) is 29.4 Å². The third-order valence-corrected chi connectivity index (χ3v) is 5.48. The molecule has 1 atom stereocenters. The number of aryl methyl sites for hydroxylation is 1. The molecule has 2 aromatic heterocycles. The van der Waals surface area contributed by atoms with Crippen LogP contribution in [-0.2, 0) is 30.7 Å². The topological polar surface area (TPSA) is 92.2 Å². The molecule has 1 unspecified atom stereocenters. The number of methoxy groups -OCH3 is 1. The van der Waals surface area contributed by atoms with Gasteiger partial charge in [-0.15, -0.1) is 24.0 Å². The van der Waals surface area contributed by atoms with Gasteiger partial charge in [-0.3, -0.25) is 4.99 Å². The third-order valence-electron chi connectivity index (χ3n) is 5.24. The third kappa shape index (κ3) is 5.89. The van der Waals surface area contributed by atoms with Crippen molar-refractivity contribution in [3.8, 4) is 0 Å². The van der Waals surface area contributed by atoms with Gasteiger partial charge in [-0.2, -0.15) is 5.10 Å². The van der Waals surface area contributed by atoms with Gasteiger partial charge in [-0.05, 0) is 43.5 Å². The maximum absolute atomic E-state index is 6.16. The highest BCUT2D eigenvalue weighted by Gasteiger charge is 2.22. The molecule has 0 radical (unpaired) electrons. The van der Waals surface area contributed by atoms with E-state index in [1.54, 1.807) is 7.11 Å². The number of aromatic amines is 1. The molecule has 168 valence electrons. The summed E-state index contributed by atoms with van der Waals surface area (Å²) >= 11 is 6.16. The maximum Gasteiger partial charge on any atom is 0.191 e. The Morgan fingerprint density at radius 2 is 2.29 bits per heavy atom. The van der Waals surface area contributed by atoms with Crippen molar-refractivity contribution in [3.63, 3.8) is 0 Å². The second-order valence-electron chi connectivity index (χ2n) is 7.45. The van der Waals surface area contributed by atoms with E-state index in [1.807, 2.05) is 29.1 Å². The average molecular weight is 558 g/mol. The first-order chi connectivity index (χ1) is 14.7. The predicted molar refractivity (Wildman–Crippen MR) is 134 cm³/mol. The van der Waals surface area contributed by atoms with Crippen molar-refractivity contribution in [2.45, 2.75) is 45.4 Å². The smallest absolute Gasteiger partial charge is 0.191 e. The molecular formula is C21H29ClIN7O. The van der Waals surface area contributed by atoms with Gasteiger partial charge in [0.1, 0.15) is 12.4 Å². The van der Waals surface area contributed by atoms with Crippen LogP contribution in [0.3, 0.4) is 0 Å². The van der Waals surface area contributed by atoms with Gasteiger partial charge < -0.3 is 20.4 Å².